The summed E-state index contributed by atoms with van der Waals surface area (Å²) in [5.41, 5.74) is 1.50. The molecule has 0 amide bonds. The predicted octanol–water partition coefficient (Wildman–Crippen LogP) is 1.98. The number of piperidine rings is 1. The molecule has 1 heterocycles. The van der Waals surface area contributed by atoms with Crippen molar-refractivity contribution in [3.05, 3.63) is 35.9 Å². The first-order valence-electron chi connectivity index (χ1n) is 6.31. The molecule has 0 spiro atoms. The topological polar surface area (TPSA) is 16.6 Å². The summed E-state index contributed by atoms with van der Waals surface area (Å²) in [5, 5.41) is 2.45. The van der Waals surface area contributed by atoms with Gasteiger partial charge in [-0.3, -0.25) is 0 Å². The second-order valence-electron chi connectivity index (χ2n) is 4.69. The summed E-state index contributed by atoms with van der Waals surface area (Å²) in [7, 11) is 0. The molecule has 1 saturated heterocycles. The van der Waals surface area contributed by atoms with Gasteiger partial charge < -0.3 is 5.32 Å². The molecule has 0 aromatic heterocycles. The molecule has 0 aliphatic carbocycles. The standard InChI is InChI=1S/C14H21N/c1-2-5-13(6-3-1)7-4-8-14-9-11-15-12-10-14/h1-3,5-6,14-15H,4,7-12H2/p+1. The minimum Gasteiger partial charge on any atom is -0.346 e. The molecule has 0 saturated carbocycles. The number of benzene rings is 1. The molecule has 1 heteroatoms. The smallest absolute Gasteiger partial charge is 0.0758 e. The van der Waals surface area contributed by atoms with Crippen LogP contribution in [0.1, 0.15) is 31.2 Å². The van der Waals surface area contributed by atoms with Crippen LogP contribution in [0.3, 0.4) is 0 Å². The summed E-state index contributed by atoms with van der Waals surface area (Å²) >= 11 is 0. The number of hydrogen-bond donors (Lipinski definition) is 1. The van der Waals surface area contributed by atoms with E-state index in [1.807, 2.05) is 0 Å². The minimum atomic E-state index is 1.01. The second-order valence-corrected chi connectivity index (χ2v) is 4.69. The number of hydrogen-bond acceptors (Lipinski definition) is 0. The third-order valence-electron chi connectivity index (χ3n) is 3.48. The lowest BCUT2D eigenvalue weighted by molar-refractivity contribution is -0.664. The molecule has 1 fully saturated rings. The summed E-state index contributed by atoms with van der Waals surface area (Å²) in [6.07, 6.45) is 6.95. The summed E-state index contributed by atoms with van der Waals surface area (Å²) in [6, 6.07) is 10.9. The molecule has 2 N–H and O–H groups in total. The summed E-state index contributed by atoms with van der Waals surface area (Å²) in [4.78, 5) is 0. The highest BCUT2D eigenvalue weighted by Gasteiger charge is 2.14. The lowest BCUT2D eigenvalue weighted by Crippen LogP contribution is -2.86. The maximum Gasteiger partial charge on any atom is 0.0758 e. The van der Waals surface area contributed by atoms with Crippen LogP contribution in [0.15, 0.2) is 30.3 Å². The third kappa shape index (κ3) is 3.67. The maximum atomic E-state index is 2.45. The Morgan fingerprint density at radius 2 is 1.80 bits per heavy atom. The van der Waals surface area contributed by atoms with E-state index in [0.29, 0.717) is 0 Å². The van der Waals surface area contributed by atoms with Gasteiger partial charge in [0.1, 0.15) is 0 Å². The number of nitrogens with two attached hydrogens (primary N) is 1. The van der Waals surface area contributed by atoms with Crippen LogP contribution in [0.4, 0.5) is 0 Å². The molecule has 1 aromatic carbocycles. The Kier molecular flexibility index (Phi) is 4.22. The van der Waals surface area contributed by atoms with E-state index in [2.05, 4.69) is 35.6 Å². The van der Waals surface area contributed by atoms with Crippen molar-refractivity contribution in [1.82, 2.24) is 0 Å². The molecule has 0 atom stereocenters. The predicted molar refractivity (Wildman–Crippen MR) is 63.8 cm³/mol. The quantitative estimate of drug-likeness (QED) is 0.772. The summed E-state index contributed by atoms with van der Waals surface area (Å²) in [6.45, 7) is 2.71. The van der Waals surface area contributed by atoms with E-state index in [1.165, 1.54) is 50.8 Å². The van der Waals surface area contributed by atoms with Gasteiger partial charge in [0.05, 0.1) is 13.1 Å². The fourth-order valence-corrected chi connectivity index (χ4v) is 2.52. The Labute approximate surface area is 92.9 Å². The van der Waals surface area contributed by atoms with Gasteiger partial charge in [-0.15, -0.1) is 0 Å². The van der Waals surface area contributed by atoms with Gasteiger partial charge in [0.2, 0.25) is 0 Å². The van der Waals surface area contributed by atoms with Crippen molar-refractivity contribution in [2.24, 2.45) is 5.92 Å². The zero-order valence-electron chi connectivity index (χ0n) is 9.49. The average Bonchev–Trinajstić information content (AvgIpc) is 2.32. The van der Waals surface area contributed by atoms with E-state index in [0.717, 1.165) is 5.92 Å². The van der Waals surface area contributed by atoms with Gasteiger partial charge in [0.15, 0.2) is 0 Å². The zero-order chi connectivity index (χ0) is 10.3. The Balaban J connectivity index is 1.66. The first kappa shape index (κ1) is 10.7. The molecule has 1 aliphatic rings. The molecular formula is C14H22N+. The SMILES string of the molecule is c1ccc(CCCC2CC[NH2+]CC2)cc1. The van der Waals surface area contributed by atoms with Crippen LogP contribution < -0.4 is 5.32 Å². The van der Waals surface area contributed by atoms with Crippen molar-refractivity contribution < 1.29 is 5.32 Å². The highest BCUT2D eigenvalue weighted by molar-refractivity contribution is 5.14. The third-order valence-corrected chi connectivity index (χ3v) is 3.48. The van der Waals surface area contributed by atoms with Crippen molar-refractivity contribution in [2.75, 3.05) is 13.1 Å². The molecule has 0 bridgehead atoms. The molecule has 2 rings (SSSR count). The Hall–Kier alpha value is -0.820. The monoisotopic (exact) mass is 204 g/mol. The van der Waals surface area contributed by atoms with Crippen molar-refractivity contribution in [3.8, 4) is 0 Å². The van der Waals surface area contributed by atoms with Crippen molar-refractivity contribution in [3.63, 3.8) is 0 Å². The summed E-state index contributed by atoms with van der Waals surface area (Å²) in [5.74, 6) is 1.01. The van der Waals surface area contributed by atoms with E-state index in [1.54, 1.807) is 0 Å². The van der Waals surface area contributed by atoms with Gasteiger partial charge in [-0.2, -0.15) is 0 Å². The van der Waals surface area contributed by atoms with Gasteiger partial charge in [-0.05, 0) is 43.6 Å². The lowest BCUT2D eigenvalue weighted by atomic mass is 9.92. The Morgan fingerprint density at radius 3 is 2.53 bits per heavy atom. The lowest BCUT2D eigenvalue weighted by Gasteiger charge is -2.19. The number of rotatable bonds is 4. The molecule has 1 nitrogen and oxygen atoms in total. The van der Waals surface area contributed by atoms with Crippen LogP contribution >= 0.6 is 0 Å². The normalized spacial score (nSPS) is 17.9. The van der Waals surface area contributed by atoms with Crippen molar-refractivity contribution >= 4 is 0 Å². The minimum absolute atomic E-state index is 1.01. The molecule has 0 unspecified atom stereocenters. The molecule has 1 aliphatic heterocycles. The van der Waals surface area contributed by atoms with E-state index in [-0.39, 0.29) is 0 Å². The van der Waals surface area contributed by atoms with Crippen LogP contribution in [0.5, 0.6) is 0 Å². The summed E-state index contributed by atoms with van der Waals surface area (Å²) < 4.78 is 0. The number of quaternary nitrogens is 1. The molecule has 82 valence electrons. The number of aryl methyl sites for hydroxylation is 1. The van der Waals surface area contributed by atoms with Gasteiger partial charge in [-0.1, -0.05) is 30.3 Å². The Morgan fingerprint density at radius 1 is 1.07 bits per heavy atom. The van der Waals surface area contributed by atoms with E-state index < -0.39 is 0 Å². The van der Waals surface area contributed by atoms with Crippen LogP contribution in [-0.4, -0.2) is 13.1 Å². The second kappa shape index (κ2) is 5.92. The van der Waals surface area contributed by atoms with Crippen LogP contribution in [0, 0.1) is 5.92 Å². The van der Waals surface area contributed by atoms with Crippen LogP contribution in [-0.2, 0) is 6.42 Å². The first-order valence-corrected chi connectivity index (χ1v) is 6.31. The van der Waals surface area contributed by atoms with E-state index in [9.17, 15) is 0 Å². The van der Waals surface area contributed by atoms with Crippen LogP contribution in [0.25, 0.3) is 0 Å². The fourth-order valence-electron chi connectivity index (χ4n) is 2.52. The van der Waals surface area contributed by atoms with E-state index in [4.69, 9.17) is 0 Å². The van der Waals surface area contributed by atoms with Crippen LogP contribution in [0.2, 0.25) is 0 Å². The average molecular weight is 204 g/mol. The van der Waals surface area contributed by atoms with Crippen molar-refractivity contribution in [2.45, 2.75) is 32.1 Å². The zero-order valence-corrected chi connectivity index (χ0v) is 9.49. The molecule has 15 heavy (non-hydrogen) atoms. The molecule has 1 aromatic rings. The Bertz CT molecular complexity index is 262. The largest absolute Gasteiger partial charge is 0.346 e. The highest BCUT2D eigenvalue weighted by atomic mass is 14.9. The van der Waals surface area contributed by atoms with Gasteiger partial charge in [-0.25, -0.2) is 0 Å². The molecule has 0 radical (unpaired) electrons. The fraction of sp³-hybridized carbons (Fsp3) is 0.571. The first-order chi connectivity index (χ1) is 7.45. The van der Waals surface area contributed by atoms with Gasteiger partial charge in [0.25, 0.3) is 0 Å². The van der Waals surface area contributed by atoms with Gasteiger partial charge in [0, 0.05) is 0 Å². The van der Waals surface area contributed by atoms with Crippen molar-refractivity contribution in [1.29, 1.82) is 0 Å². The van der Waals surface area contributed by atoms with E-state index >= 15 is 0 Å². The highest BCUT2D eigenvalue weighted by Crippen LogP contribution is 2.17. The molecular weight excluding hydrogens is 182 g/mol. The maximum absolute atomic E-state index is 2.45. The van der Waals surface area contributed by atoms with Gasteiger partial charge >= 0.3 is 0 Å².